The monoisotopic (exact) mass is 316 g/mol. The van der Waals surface area contributed by atoms with Crippen LogP contribution in [0.3, 0.4) is 0 Å². The first-order valence-corrected chi connectivity index (χ1v) is 7.85. The van der Waals surface area contributed by atoms with Gasteiger partial charge in [-0.05, 0) is 43.7 Å². The van der Waals surface area contributed by atoms with Crippen LogP contribution in [-0.4, -0.2) is 26.6 Å². The van der Waals surface area contributed by atoms with Crippen molar-refractivity contribution in [1.82, 2.24) is 9.38 Å². The number of hydrogen-bond acceptors (Lipinski definition) is 4. The Bertz CT molecular complexity index is 803. The van der Waals surface area contributed by atoms with Crippen molar-refractivity contribution in [2.75, 3.05) is 0 Å². The molecule has 0 atom stereocenters. The third-order valence-electron chi connectivity index (χ3n) is 3.11. The molecule has 0 saturated carbocycles. The number of carboxylic acid groups (broad SMARTS) is 1. The van der Waals surface area contributed by atoms with Crippen LogP contribution < -0.4 is 4.74 Å². The molecule has 0 unspecified atom stereocenters. The summed E-state index contributed by atoms with van der Waals surface area (Å²) in [5, 5.41) is 10.9. The second-order valence-electron chi connectivity index (χ2n) is 5.27. The third-order valence-corrected chi connectivity index (χ3v) is 3.95. The number of ether oxygens (including phenoxy) is 1. The number of fused-ring (bicyclic) bond motifs is 1. The lowest BCUT2D eigenvalue weighted by molar-refractivity contribution is -0.136. The minimum absolute atomic E-state index is 0.0605. The number of imidazole rings is 1. The highest BCUT2D eigenvalue weighted by atomic mass is 32.1. The number of thiazole rings is 1. The van der Waals surface area contributed by atoms with Gasteiger partial charge in [0, 0.05) is 11.6 Å². The molecule has 1 N–H and O–H groups in total. The first kappa shape index (κ1) is 14.6. The topological polar surface area (TPSA) is 63.8 Å². The molecule has 1 aromatic carbocycles. The molecule has 2 aromatic heterocycles. The highest BCUT2D eigenvalue weighted by Gasteiger charge is 2.12. The first-order chi connectivity index (χ1) is 10.5. The average Bonchev–Trinajstić information content (AvgIpc) is 2.98. The van der Waals surface area contributed by atoms with Gasteiger partial charge < -0.3 is 9.84 Å². The minimum atomic E-state index is -0.873. The maximum Gasteiger partial charge on any atom is 0.309 e. The van der Waals surface area contributed by atoms with Gasteiger partial charge in [-0.1, -0.05) is 0 Å². The van der Waals surface area contributed by atoms with Crippen molar-refractivity contribution >= 4 is 22.3 Å². The number of aliphatic carboxylic acids is 1. The summed E-state index contributed by atoms with van der Waals surface area (Å²) in [7, 11) is 0. The van der Waals surface area contributed by atoms with Gasteiger partial charge in [-0.2, -0.15) is 0 Å². The largest absolute Gasteiger partial charge is 0.491 e. The molecular weight excluding hydrogens is 300 g/mol. The van der Waals surface area contributed by atoms with Crippen LogP contribution in [0.2, 0.25) is 0 Å². The SMILES string of the molecule is CC(C)Oc1ccc(-c2csc3nc(CC(=O)O)cn23)cc1. The van der Waals surface area contributed by atoms with Crippen molar-refractivity contribution in [3.05, 3.63) is 41.5 Å². The third kappa shape index (κ3) is 2.96. The summed E-state index contributed by atoms with van der Waals surface area (Å²) in [5.74, 6) is -0.0371. The number of benzene rings is 1. The molecule has 114 valence electrons. The van der Waals surface area contributed by atoms with Crippen molar-refractivity contribution in [2.45, 2.75) is 26.4 Å². The summed E-state index contributed by atoms with van der Waals surface area (Å²) >= 11 is 1.50. The predicted molar refractivity (Wildman–Crippen MR) is 85.6 cm³/mol. The Labute approximate surface area is 131 Å². The van der Waals surface area contributed by atoms with E-state index in [0.717, 1.165) is 22.0 Å². The maximum atomic E-state index is 10.8. The Kier molecular flexibility index (Phi) is 3.85. The maximum absolute atomic E-state index is 10.8. The van der Waals surface area contributed by atoms with E-state index in [4.69, 9.17) is 9.84 Å². The number of carboxylic acids is 1. The summed E-state index contributed by atoms with van der Waals surface area (Å²) in [6.07, 6.45) is 1.87. The van der Waals surface area contributed by atoms with Gasteiger partial charge >= 0.3 is 5.97 Å². The van der Waals surface area contributed by atoms with E-state index in [9.17, 15) is 4.79 Å². The van der Waals surface area contributed by atoms with Crippen molar-refractivity contribution < 1.29 is 14.6 Å². The van der Waals surface area contributed by atoms with Gasteiger partial charge in [0.1, 0.15) is 5.75 Å². The first-order valence-electron chi connectivity index (χ1n) is 6.97. The second-order valence-corrected chi connectivity index (χ2v) is 6.10. The van der Waals surface area contributed by atoms with Gasteiger partial charge in [-0.15, -0.1) is 11.3 Å². The van der Waals surface area contributed by atoms with Crippen LogP contribution in [0, 0.1) is 0 Å². The number of carbonyl (C=O) groups is 1. The Hall–Kier alpha value is -2.34. The highest BCUT2D eigenvalue weighted by Crippen LogP contribution is 2.28. The molecule has 3 aromatic rings. The van der Waals surface area contributed by atoms with E-state index in [0.29, 0.717) is 5.69 Å². The molecule has 0 amide bonds. The van der Waals surface area contributed by atoms with Gasteiger partial charge in [0.05, 0.1) is 23.9 Å². The van der Waals surface area contributed by atoms with Crippen LogP contribution in [0.1, 0.15) is 19.5 Å². The zero-order chi connectivity index (χ0) is 15.7. The van der Waals surface area contributed by atoms with Crippen LogP contribution in [0.5, 0.6) is 5.75 Å². The van der Waals surface area contributed by atoms with Gasteiger partial charge in [-0.25, -0.2) is 4.98 Å². The second kappa shape index (κ2) is 5.81. The molecule has 0 spiro atoms. The molecular formula is C16H16N2O3S. The molecule has 5 nitrogen and oxygen atoms in total. The van der Waals surface area contributed by atoms with Crippen LogP contribution in [0.15, 0.2) is 35.8 Å². The Morgan fingerprint density at radius 1 is 1.36 bits per heavy atom. The van der Waals surface area contributed by atoms with Crippen LogP contribution in [-0.2, 0) is 11.2 Å². The summed E-state index contributed by atoms with van der Waals surface area (Å²) in [5.41, 5.74) is 2.61. The average molecular weight is 316 g/mol. The smallest absolute Gasteiger partial charge is 0.309 e. The molecule has 0 aliphatic heterocycles. The number of aromatic nitrogens is 2. The van der Waals surface area contributed by atoms with Crippen molar-refractivity contribution in [3.8, 4) is 17.0 Å². The van der Waals surface area contributed by atoms with Crippen LogP contribution >= 0.6 is 11.3 Å². The number of hydrogen-bond donors (Lipinski definition) is 1. The van der Waals surface area contributed by atoms with Crippen LogP contribution in [0.4, 0.5) is 0 Å². The van der Waals surface area contributed by atoms with E-state index < -0.39 is 5.97 Å². The number of rotatable bonds is 5. The van der Waals surface area contributed by atoms with E-state index in [2.05, 4.69) is 4.98 Å². The molecule has 0 aliphatic carbocycles. The molecule has 0 bridgehead atoms. The van der Waals surface area contributed by atoms with E-state index in [1.807, 2.05) is 47.9 Å². The summed E-state index contributed by atoms with van der Waals surface area (Å²) in [4.78, 5) is 15.9. The lowest BCUT2D eigenvalue weighted by atomic mass is 10.1. The van der Waals surface area contributed by atoms with Crippen molar-refractivity contribution in [1.29, 1.82) is 0 Å². The molecule has 0 aliphatic rings. The molecule has 0 fully saturated rings. The summed E-state index contributed by atoms with van der Waals surface area (Å²) in [6, 6.07) is 7.87. The molecule has 2 heterocycles. The lowest BCUT2D eigenvalue weighted by Crippen LogP contribution is -2.05. The summed E-state index contributed by atoms with van der Waals surface area (Å²) in [6.45, 7) is 3.98. The summed E-state index contributed by atoms with van der Waals surface area (Å²) < 4.78 is 7.57. The fraction of sp³-hybridized carbons (Fsp3) is 0.250. The van der Waals surface area contributed by atoms with Crippen LogP contribution in [0.25, 0.3) is 16.2 Å². The van der Waals surface area contributed by atoms with Gasteiger partial charge in [0.25, 0.3) is 0 Å². The number of nitrogens with zero attached hydrogens (tertiary/aromatic N) is 2. The van der Waals surface area contributed by atoms with Crippen molar-refractivity contribution in [3.63, 3.8) is 0 Å². The van der Waals surface area contributed by atoms with E-state index in [-0.39, 0.29) is 12.5 Å². The van der Waals surface area contributed by atoms with E-state index >= 15 is 0 Å². The fourth-order valence-electron chi connectivity index (χ4n) is 2.25. The minimum Gasteiger partial charge on any atom is -0.491 e. The lowest BCUT2D eigenvalue weighted by Gasteiger charge is -2.09. The van der Waals surface area contributed by atoms with E-state index in [1.54, 1.807) is 6.20 Å². The highest BCUT2D eigenvalue weighted by molar-refractivity contribution is 7.15. The fourth-order valence-corrected chi connectivity index (χ4v) is 3.16. The molecule has 22 heavy (non-hydrogen) atoms. The van der Waals surface area contributed by atoms with E-state index in [1.165, 1.54) is 11.3 Å². The predicted octanol–water partition coefficient (Wildman–Crippen LogP) is 3.48. The molecule has 0 saturated heterocycles. The Balaban J connectivity index is 1.92. The van der Waals surface area contributed by atoms with Gasteiger partial charge in [0.2, 0.25) is 0 Å². The standard InChI is InChI=1S/C16H16N2O3S/c1-10(2)21-13-5-3-11(4-6-13)14-9-22-16-17-12(7-15(19)20)8-18(14)16/h3-6,8-10H,7H2,1-2H3,(H,19,20). The zero-order valence-electron chi connectivity index (χ0n) is 12.3. The quantitative estimate of drug-likeness (QED) is 0.783. The van der Waals surface area contributed by atoms with Gasteiger partial charge in [0.15, 0.2) is 4.96 Å². The molecule has 3 rings (SSSR count). The Morgan fingerprint density at radius 2 is 2.09 bits per heavy atom. The molecule has 6 heteroatoms. The van der Waals surface area contributed by atoms with Gasteiger partial charge in [-0.3, -0.25) is 9.20 Å². The zero-order valence-corrected chi connectivity index (χ0v) is 13.1. The van der Waals surface area contributed by atoms with Crippen molar-refractivity contribution in [2.24, 2.45) is 0 Å². The Morgan fingerprint density at radius 3 is 2.73 bits per heavy atom. The molecule has 0 radical (unpaired) electrons. The normalized spacial score (nSPS) is 11.2.